The average molecular weight is 739 g/mol. The third-order valence-corrected chi connectivity index (χ3v) is 10.7. The van der Waals surface area contributed by atoms with E-state index in [0.717, 1.165) is 24.0 Å². The van der Waals surface area contributed by atoms with Crippen LogP contribution in [0.3, 0.4) is 0 Å². The summed E-state index contributed by atoms with van der Waals surface area (Å²) in [6.07, 6.45) is 4.82. The number of carbonyl (C=O) groups excluding carboxylic acids is 5. The highest BCUT2D eigenvalue weighted by molar-refractivity contribution is 7.92. The van der Waals surface area contributed by atoms with Gasteiger partial charge >= 0.3 is 22.3 Å². The summed E-state index contributed by atoms with van der Waals surface area (Å²) in [5.41, 5.74) is -2.15. The quantitative estimate of drug-likeness (QED) is 0.124. The molecular weight excluding hydrogens is 689 g/mol. The highest BCUT2D eigenvalue weighted by atomic mass is 32.2. The van der Waals surface area contributed by atoms with Crippen molar-refractivity contribution in [2.45, 2.75) is 108 Å². The fourth-order valence-corrected chi connectivity index (χ4v) is 7.73. The number of fused-ring (bicyclic) bond motifs is 1. The van der Waals surface area contributed by atoms with E-state index >= 15 is 0 Å². The minimum absolute atomic E-state index is 0.0430. The maximum absolute atomic E-state index is 14.3. The third kappa shape index (κ3) is 9.99. The Hall–Kier alpha value is -4.72. The van der Waals surface area contributed by atoms with Gasteiger partial charge in [0.25, 0.3) is 5.91 Å². The van der Waals surface area contributed by atoms with Crippen LogP contribution in [-0.4, -0.2) is 62.0 Å². The molecule has 13 nitrogen and oxygen atoms in total. The van der Waals surface area contributed by atoms with Gasteiger partial charge in [-0.3, -0.25) is 19.2 Å². The fourth-order valence-electron chi connectivity index (χ4n) is 6.46. The molecule has 4 rings (SSSR count). The third-order valence-electron chi connectivity index (χ3n) is 9.33. The minimum Gasteiger partial charge on any atom is -0.469 e. The number of methoxy groups -OCH3 is 1. The second kappa shape index (κ2) is 16.7. The number of para-hydroxylation sites is 1. The van der Waals surface area contributed by atoms with Crippen molar-refractivity contribution < 1.29 is 41.9 Å². The van der Waals surface area contributed by atoms with Gasteiger partial charge in [-0.2, -0.15) is 12.7 Å². The predicted molar refractivity (Wildman–Crippen MR) is 195 cm³/mol. The van der Waals surface area contributed by atoms with E-state index in [1.807, 2.05) is 24.3 Å². The molecule has 3 atom stereocenters. The number of benzene rings is 2. The Bertz CT molecular complexity index is 1760. The maximum atomic E-state index is 14.3. The summed E-state index contributed by atoms with van der Waals surface area (Å²) in [7, 11) is -3.48. The first kappa shape index (κ1) is 40.1. The molecular formula is C38H50N4O9S. The van der Waals surface area contributed by atoms with Gasteiger partial charge in [0.15, 0.2) is 0 Å². The van der Waals surface area contributed by atoms with Crippen molar-refractivity contribution in [2.75, 3.05) is 11.4 Å². The van der Waals surface area contributed by atoms with Crippen LogP contribution < -0.4 is 19.7 Å². The van der Waals surface area contributed by atoms with Crippen molar-refractivity contribution in [3.05, 3.63) is 78.4 Å². The lowest BCUT2D eigenvalue weighted by Crippen LogP contribution is -2.66. The Morgan fingerprint density at radius 3 is 2.12 bits per heavy atom. The minimum atomic E-state index is -4.81. The molecule has 3 N–H and O–H groups in total. The summed E-state index contributed by atoms with van der Waals surface area (Å²) in [5, 5.41) is 5.56. The van der Waals surface area contributed by atoms with Crippen LogP contribution in [0.4, 0.5) is 10.5 Å². The number of aryl methyl sites for hydroxylation is 1. The van der Waals surface area contributed by atoms with Crippen LogP contribution >= 0.6 is 0 Å². The first-order valence-electron chi connectivity index (χ1n) is 17.6. The SMILES string of the molecule is C=C[C@@H]1C[C@]1(NC(=O)C1(NC(=O)OC(C)(C)C)CCc2ccccc2C1)C(=O)NS(=O)(=O)N(C(=O)CCCCCCCC(=O)OC)c1ccccc1. The number of ether oxygens (including phenoxy) is 2. The number of nitrogens with zero attached hydrogens (tertiary/aromatic N) is 1. The molecule has 0 bridgehead atoms. The molecule has 0 saturated heterocycles. The summed E-state index contributed by atoms with van der Waals surface area (Å²) in [4.78, 5) is 66.2. The van der Waals surface area contributed by atoms with Gasteiger partial charge in [0.2, 0.25) is 11.8 Å². The Balaban J connectivity index is 1.52. The number of nitrogens with one attached hydrogen (secondary N) is 3. The van der Waals surface area contributed by atoms with Crippen molar-refractivity contribution in [1.29, 1.82) is 0 Å². The molecule has 0 spiro atoms. The smallest absolute Gasteiger partial charge is 0.408 e. The molecule has 4 amide bonds. The summed E-state index contributed by atoms with van der Waals surface area (Å²) >= 11 is 0. The summed E-state index contributed by atoms with van der Waals surface area (Å²) in [6, 6.07) is 15.3. The van der Waals surface area contributed by atoms with Crippen molar-refractivity contribution in [1.82, 2.24) is 15.4 Å². The van der Waals surface area contributed by atoms with Gasteiger partial charge in [-0.1, -0.05) is 67.8 Å². The first-order chi connectivity index (χ1) is 24.6. The van der Waals surface area contributed by atoms with Crippen LogP contribution in [0.1, 0.15) is 89.7 Å². The number of alkyl carbamates (subject to hydrolysis) is 1. The van der Waals surface area contributed by atoms with Crippen molar-refractivity contribution >= 4 is 45.7 Å². The number of carbonyl (C=O) groups is 5. The second-order valence-electron chi connectivity index (χ2n) is 14.4. The van der Waals surface area contributed by atoms with Gasteiger partial charge in [0, 0.05) is 25.2 Å². The molecule has 2 aromatic rings. The van der Waals surface area contributed by atoms with E-state index in [-0.39, 0.29) is 37.3 Å². The fraction of sp³-hybridized carbons (Fsp3) is 0.500. The highest BCUT2D eigenvalue weighted by Crippen LogP contribution is 2.45. The number of unbranched alkanes of at least 4 members (excludes halogenated alkanes) is 4. The lowest BCUT2D eigenvalue weighted by Gasteiger charge is -2.39. The molecule has 0 aromatic heterocycles. The van der Waals surface area contributed by atoms with Crippen molar-refractivity contribution in [3.8, 4) is 0 Å². The molecule has 1 saturated carbocycles. The normalized spacial score (nSPS) is 20.7. The van der Waals surface area contributed by atoms with Gasteiger partial charge in [0.05, 0.1) is 12.8 Å². The zero-order valence-electron chi connectivity index (χ0n) is 30.4. The highest BCUT2D eigenvalue weighted by Gasteiger charge is 2.62. The Kier molecular flexibility index (Phi) is 12.9. The summed E-state index contributed by atoms with van der Waals surface area (Å²) < 4.78 is 40.6. The monoisotopic (exact) mass is 738 g/mol. The average Bonchev–Trinajstić information content (AvgIpc) is 3.81. The number of rotatable bonds is 16. The van der Waals surface area contributed by atoms with Crippen LogP contribution in [0.25, 0.3) is 0 Å². The van der Waals surface area contributed by atoms with E-state index < -0.39 is 56.6 Å². The molecule has 0 heterocycles. The molecule has 2 aromatic carbocycles. The molecule has 2 aliphatic carbocycles. The lowest BCUT2D eigenvalue weighted by molar-refractivity contribution is -0.140. The molecule has 0 radical (unpaired) electrons. The van der Waals surface area contributed by atoms with Crippen LogP contribution in [0.5, 0.6) is 0 Å². The Morgan fingerprint density at radius 1 is 0.885 bits per heavy atom. The standard InChI is InChI=1S/C38H50N4O9S/c1-6-29-26-38(29,39-33(45)37(40-35(47)51-36(2,3)4)24-23-27-17-15-16-18-28(27)25-37)34(46)41-52(48,49)42(30-19-11-10-12-20-30)31(43)21-13-8-7-9-14-22-32(44)50-5/h6,10-12,15-20,29H,1,7-9,13-14,21-26H2,2-5H3,(H,39,45)(H,40,47)(H,41,46)/t29-,37?,38-/m1/s1. The van der Waals surface area contributed by atoms with E-state index in [2.05, 4.69) is 26.7 Å². The molecule has 1 unspecified atom stereocenters. The van der Waals surface area contributed by atoms with Crippen LogP contribution in [0.2, 0.25) is 0 Å². The zero-order valence-corrected chi connectivity index (χ0v) is 31.2. The molecule has 2 aliphatic rings. The van der Waals surface area contributed by atoms with Gasteiger partial charge < -0.3 is 20.1 Å². The van der Waals surface area contributed by atoms with Crippen molar-refractivity contribution in [3.63, 3.8) is 0 Å². The van der Waals surface area contributed by atoms with E-state index in [9.17, 15) is 32.4 Å². The molecule has 1 fully saturated rings. The molecule has 282 valence electrons. The summed E-state index contributed by atoms with van der Waals surface area (Å²) in [6.45, 7) is 8.88. The lowest BCUT2D eigenvalue weighted by atomic mass is 9.77. The Morgan fingerprint density at radius 2 is 1.50 bits per heavy atom. The largest absolute Gasteiger partial charge is 0.469 e. The van der Waals surface area contributed by atoms with Gasteiger partial charge in [-0.25, -0.2) is 9.52 Å². The van der Waals surface area contributed by atoms with Gasteiger partial charge in [-0.05, 0) is 76.1 Å². The van der Waals surface area contributed by atoms with Gasteiger partial charge in [0.1, 0.15) is 16.7 Å². The van der Waals surface area contributed by atoms with Crippen LogP contribution in [0.15, 0.2) is 67.3 Å². The van der Waals surface area contributed by atoms with E-state index in [1.165, 1.54) is 25.3 Å². The van der Waals surface area contributed by atoms with Crippen LogP contribution in [0, 0.1) is 5.92 Å². The number of anilines is 1. The molecule has 52 heavy (non-hydrogen) atoms. The van der Waals surface area contributed by atoms with Crippen molar-refractivity contribution in [2.24, 2.45) is 5.92 Å². The van der Waals surface area contributed by atoms with E-state index in [1.54, 1.807) is 39.0 Å². The second-order valence-corrected chi connectivity index (χ2v) is 15.9. The van der Waals surface area contributed by atoms with Crippen LogP contribution in [-0.2, 0) is 51.7 Å². The zero-order chi connectivity index (χ0) is 38.2. The summed E-state index contributed by atoms with van der Waals surface area (Å²) in [5.74, 6) is -3.36. The van der Waals surface area contributed by atoms with Gasteiger partial charge in [-0.15, -0.1) is 6.58 Å². The molecule has 14 heteroatoms. The first-order valence-corrected chi connectivity index (χ1v) is 19.0. The number of hydrogen-bond donors (Lipinski definition) is 3. The topological polar surface area (TPSA) is 177 Å². The van der Waals surface area contributed by atoms with E-state index in [4.69, 9.17) is 4.74 Å². The number of esters is 1. The number of amides is 4. The van der Waals surface area contributed by atoms with E-state index in [0.29, 0.717) is 36.4 Å². The molecule has 0 aliphatic heterocycles. The maximum Gasteiger partial charge on any atom is 0.408 e. The number of hydrogen-bond acceptors (Lipinski definition) is 9. The predicted octanol–water partition coefficient (Wildman–Crippen LogP) is 4.80. The Labute approximate surface area is 306 Å².